The molecule has 184 valence electrons. The molecule has 0 aliphatic heterocycles. The molecular formula is C31H49OS+. The van der Waals surface area contributed by atoms with Gasteiger partial charge in [0, 0.05) is 10.5 Å². The van der Waals surface area contributed by atoms with Crippen molar-refractivity contribution in [2.75, 3.05) is 0 Å². The van der Waals surface area contributed by atoms with Gasteiger partial charge in [0.15, 0.2) is 14.3 Å². The van der Waals surface area contributed by atoms with Gasteiger partial charge in [0.2, 0.25) is 5.43 Å². The Balaban J connectivity index is -0.000000658. The molecule has 2 heteroatoms. The second-order valence-electron chi connectivity index (χ2n) is 4.94. The summed E-state index contributed by atoms with van der Waals surface area (Å²) in [5.74, 6) is 0. The van der Waals surface area contributed by atoms with Gasteiger partial charge in [0.25, 0.3) is 0 Å². The molecule has 3 aromatic carbocycles. The van der Waals surface area contributed by atoms with E-state index in [0.29, 0.717) is 0 Å². The van der Waals surface area contributed by atoms with Gasteiger partial charge in [-0.25, -0.2) is 0 Å². The number of hydrogen-bond donors (Lipinski definition) is 0. The van der Waals surface area contributed by atoms with E-state index in [2.05, 4.69) is 36.4 Å². The second kappa shape index (κ2) is 24.2. The first-order chi connectivity index (χ1) is 16.4. The van der Waals surface area contributed by atoms with Crippen molar-refractivity contribution >= 4 is 30.6 Å². The first-order valence-electron chi connectivity index (χ1n) is 12.9. The molecule has 4 aromatic rings. The fourth-order valence-corrected chi connectivity index (χ4v) is 5.10. The van der Waals surface area contributed by atoms with Gasteiger partial charge in [0.05, 0.1) is 10.8 Å². The summed E-state index contributed by atoms with van der Waals surface area (Å²) >= 11 is 0. The summed E-state index contributed by atoms with van der Waals surface area (Å²) < 4.78 is 2.26. The zero-order valence-electron chi connectivity index (χ0n) is 23.3. The van der Waals surface area contributed by atoms with Crippen LogP contribution < -0.4 is 5.43 Å². The number of benzene rings is 3. The average molecular weight is 470 g/mol. The highest BCUT2D eigenvalue weighted by Crippen LogP contribution is 2.42. The molecule has 0 bridgehead atoms. The van der Waals surface area contributed by atoms with Crippen molar-refractivity contribution in [1.82, 2.24) is 0 Å². The summed E-state index contributed by atoms with van der Waals surface area (Å²) in [6.45, 7) is 24.0. The Hall–Kier alpha value is -2.45. The average Bonchev–Trinajstić information content (AvgIpc) is 2.96. The first kappa shape index (κ1) is 35.1. The zero-order chi connectivity index (χ0) is 26.2. The van der Waals surface area contributed by atoms with E-state index >= 15 is 0 Å². The Morgan fingerprint density at radius 3 is 1.09 bits per heavy atom. The van der Waals surface area contributed by atoms with Gasteiger partial charge in [-0.2, -0.15) is 0 Å². The van der Waals surface area contributed by atoms with E-state index < -0.39 is 0 Å². The molecule has 0 N–H and O–H groups in total. The molecule has 0 atom stereocenters. The van der Waals surface area contributed by atoms with E-state index in [9.17, 15) is 4.79 Å². The van der Waals surface area contributed by atoms with Crippen molar-refractivity contribution in [2.45, 2.75) is 83.1 Å². The molecule has 33 heavy (non-hydrogen) atoms. The first-order valence-corrected chi connectivity index (χ1v) is 14.1. The minimum Gasteiger partial charge on any atom is -0.288 e. The molecule has 0 fully saturated rings. The van der Waals surface area contributed by atoms with Crippen LogP contribution in [-0.2, 0) is 0 Å². The van der Waals surface area contributed by atoms with Crippen LogP contribution in [0.3, 0.4) is 0 Å². The number of fused-ring (bicyclic) bond motifs is 2. The quantitative estimate of drug-likeness (QED) is 0.200. The van der Waals surface area contributed by atoms with E-state index in [1.807, 2.05) is 126 Å². The fourth-order valence-electron chi connectivity index (χ4n) is 2.74. The summed E-state index contributed by atoms with van der Waals surface area (Å²) in [6, 6.07) is 26.4. The van der Waals surface area contributed by atoms with Crippen LogP contribution in [0.4, 0.5) is 0 Å². The maximum Gasteiger partial charge on any atom is 0.203 e. The highest BCUT2D eigenvalue weighted by Gasteiger charge is 2.21. The molecule has 1 heterocycles. The van der Waals surface area contributed by atoms with Crippen molar-refractivity contribution in [3.05, 3.63) is 89.1 Å². The van der Waals surface area contributed by atoms with Crippen molar-refractivity contribution < 1.29 is 0 Å². The van der Waals surface area contributed by atoms with Crippen LogP contribution in [0.5, 0.6) is 0 Å². The van der Waals surface area contributed by atoms with Crippen LogP contribution in [0.15, 0.2) is 83.7 Å². The molecule has 0 saturated heterocycles. The normalized spacial score (nSPS) is 8.12. The number of rotatable bonds is 1. The molecule has 0 amide bonds. The largest absolute Gasteiger partial charge is 0.288 e. The van der Waals surface area contributed by atoms with Crippen LogP contribution in [-0.4, -0.2) is 0 Å². The summed E-state index contributed by atoms with van der Waals surface area (Å²) in [6.07, 6.45) is 0. The summed E-state index contributed by atoms with van der Waals surface area (Å²) in [5, 5.41) is 1.67. The topological polar surface area (TPSA) is 17.1 Å². The van der Waals surface area contributed by atoms with Gasteiger partial charge in [-0.05, 0) is 36.4 Å². The van der Waals surface area contributed by atoms with Gasteiger partial charge in [-0.15, -0.1) is 0 Å². The summed E-state index contributed by atoms with van der Waals surface area (Å²) in [5.41, 5.74) is 0.140. The lowest BCUT2D eigenvalue weighted by molar-refractivity contribution is 1.50. The third-order valence-corrected chi connectivity index (χ3v) is 6.02. The lowest BCUT2D eigenvalue weighted by Gasteiger charge is -2.02. The smallest absolute Gasteiger partial charge is 0.203 e. The molecule has 4 rings (SSSR count). The maximum absolute atomic E-state index is 12.7. The highest BCUT2D eigenvalue weighted by molar-refractivity contribution is 7.49. The van der Waals surface area contributed by atoms with E-state index in [1.54, 1.807) is 0 Å². The Labute approximate surface area is 207 Å². The Morgan fingerprint density at radius 1 is 0.424 bits per heavy atom. The molecule has 0 saturated carbocycles. The van der Waals surface area contributed by atoms with E-state index in [-0.39, 0.29) is 15.9 Å². The lowest BCUT2D eigenvalue weighted by Crippen LogP contribution is -2.01. The zero-order valence-corrected chi connectivity index (χ0v) is 24.1. The predicted molar refractivity (Wildman–Crippen MR) is 160 cm³/mol. The van der Waals surface area contributed by atoms with Gasteiger partial charge in [0.1, 0.15) is 0 Å². The third-order valence-electron chi connectivity index (χ3n) is 3.68. The molecule has 0 aliphatic rings. The highest BCUT2D eigenvalue weighted by atomic mass is 32.2. The molecule has 0 radical (unpaired) electrons. The molecule has 1 nitrogen and oxygen atoms in total. The number of hydrogen-bond acceptors (Lipinski definition) is 1. The molecule has 0 aliphatic carbocycles. The van der Waals surface area contributed by atoms with E-state index in [4.69, 9.17) is 0 Å². The predicted octanol–water partition coefficient (Wildman–Crippen LogP) is 11.2. The third kappa shape index (κ3) is 9.92. The van der Waals surface area contributed by atoms with Crippen LogP contribution in [0, 0.1) is 0 Å². The molecule has 0 unspecified atom stereocenters. The minimum atomic E-state index is -0.199. The summed E-state index contributed by atoms with van der Waals surface area (Å²) in [4.78, 5) is 13.9. The lowest BCUT2D eigenvalue weighted by atomic mass is 10.2. The molecular weight excluding hydrogens is 420 g/mol. The van der Waals surface area contributed by atoms with Crippen LogP contribution >= 0.6 is 10.5 Å². The van der Waals surface area contributed by atoms with Crippen molar-refractivity contribution in [2.24, 2.45) is 0 Å². The molecule has 1 aromatic heterocycles. The molecule has 0 spiro atoms. The standard InChI is InChI=1S/C19H13OS.6C2H6/c20-19-15-10-4-6-12-17(15)21(14-8-2-1-3-9-14)18-13-7-5-11-16(18)19;6*1-2/h1-13H;6*1-2H3/q+1;;;;;;. The van der Waals surface area contributed by atoms with Gasteiger partial charge in [-0.3, -0.25) is 4.79 Å². The van der Waals surface area contributed by atoms with Gasteiger partial charge < -0.3 is 0 Å². The van der Waals surface area contributed by atoms with Gasteiger partial charge in [-0.1, -0.05) is 126 Å². The van der Waals surface area contributed by atoms with Gasteiger partial charge >= 0.3 is 0 Å². The Bertz CT molecular complexity index is 941. The summed E-state index contributed by atoms with van der Waals surface area (Å²) in [7, 11) is -0.199. The van der Waals surface area contributed by atoms with Crippen molar-refractivity contribution in [1.29, 1.82) is 0 Å². The Morgan fingerprint density at radius 2 is 0.727 bits per heavy atom. The minimum absolute atomic E-state index is 0.140. The van der Waals surface area contributed by atoms with Crippen LogP contribution in [0.2, 0.25) is 0 Å². The maximum atomic E-state index is 12.7. The SMILES string of the molecule is CC.CC.CC.CC.CC.CC.O=c1c2ccccc2[s+](-c2ccccc2)c2ccccc12. The fraction of sp³-hybridized carbons (Fsp3) is 0.387. The van der Waals surface area contributed by atoms with Crippen molar-refractivity contribution in [3.8, 4) is 4.90 Å². The monoisotopic (exact) mass is 469 g/mol. The van der Waals surface area contributed by atoms with E-state index in [1.165, 1.54) is 4.90 Å². The van der Waals surface area contributed by atoms with E-state index in [0.717, 1.165) is 20.2 Å². The van der Waals surface area contributed by atoms with Crippen LogP contribution in [0.25, 0.3) is 25.1 Å². The second-order valence-corrected chi connectivity index (χ2v) is 6.90. The Kier molecular flexibility index (Phi) is 25.8. The van der Waals surface area contributed by atoms with Crippen molar-refractivity contribution in [3.63, 3.8) is 0 Å². The van der Waals surface area contributed by atoms with Crippen LogP contribution in [0.1, 0.15) is 83.1 Å².